The van der Waals surface area contributed by atoms with Crippen LogP contribution in [0.5, 0.6) is 0 Å². The Labute approximate surface area is 138 Å². The van der Waals surface area contributed by atoms with Gasteiger partial charge < -0.3 is 0 Å². The SMILES string of the molecule is CCCCCCCCCCCCCCCCC[C+]1N=CC=N1. The second-order valence-electron chi connectivity index (χ2n) is 6.67. The van der Waals surface area contributed by atoms with E-state index in [1.54, 1.807) is 12.4 Å². The number of nitrogens with zero attached hydrogens (tertiary/aromatic N) is 2. The number of hydrogen-bond acceptors (Lipinski definition) is 2. The zero-order valence-electron chi connectivity index (χ0n) is 14.9. The van der Waals surface area contributed by atoms with Crippen molar-refractivity contribution in [2.24, 2.45) is 9.98 Å². The molecule has 0 spiro atoms. The van der Waals surface area contributed by atoms with E-state index in [1.165, 1.54) is 96.3 Å². The summed E-state index contributed by atoms with van der Waals surface area (Å²) in [6.45, 7) is 2.29. The lowest BCUT2D eigenvalue weighted by Gasteiger charge is -2.03. The van der Waals surface area contributed by atoms with Gasteiger partial charge in [-0.3, -0.25) is 0 Å². The Bertz CT molecular complexity index is 271. The van der Waals surface area contributed by atoms with Crippen LogP contribution in [0.3, 0.4) is 0 Å². The Morgan fingerprint density at radius 2 is 0.909 bits per heavy atom. The van der Waals surface area contributed by atoms with Gasteiger partial charge in [0.1, 0.15) is 0 Å². The molecule has 126 valence electrons. The van der Waals surface area contributed by atoms with Gasteiger partial charge in [-0.25, -0.2) is 0 Å². The van der Waals surface area contributed by atoms with E-state index in [1.807, 2.05) is 0 Å². The molecule has 0 bridgehead atoms. The van der Waals surface area contributed by atoms with Crippen LogP contribution in [-0.4, -0.2) is 12.4 Å². The van der Waals surface area contributed by atoms with Crippen molar-refractivity contribution in [1.82, 2.24) is 0 Å². The van der Waals surface area contributed by atoms with E-state index in [-0.39, 0.29) is 0 Å². The van der Waals surface area contributed by atoms with E-state index in [0.717, 1.165) is 12.6 Å². The third-order valence-corrected chi connectivity index (χ3v) is 4.52. The molecule has 0 fully saturated rings. The van der Waals surface area contributed by atoms with E-state index in [0.29, 0.717) is 0 Å². The molecule has 1 aliphatic heterocycles. The molecule has 0 amide bonds. The summed E-state index contributed by atoms with van der Waals surface area (Å²) >= 11 is 0. The monoisotopic (exact) mass is 305 g/mol. The molecule has 0 aromatic rings. The van der Waals surface area contributed by atoms with E-state index in [9.17, 15) is 0 Å². The quantitative estimate of drug-likeness (QED) is 0.219. The molecule has 0 aromatic heterocycles. The lowest BCUT2D eigenvalue weighted by Crippen LogP contribution is -1.87. The molecule has 1 rings (SSSR count). The van der Waals surface area contributed by atoms with Crippen molar-refractivity contribution < 1.29 is 0 Å². The first-order valence-electron chi connectivity index (χ1n) is 9.86. The minimum absolute atomic E-state index is 1.02. The number of unbranched alkanes of at least 4 members (excludes halogenated alkanes) is 14. The molecule has 0 N–H and O–H groups in total. The van der Waals surface area contributed by atoms with Crippen molar-refractivity contribution in [3.63, 3.8) is 0 Å². The molecule has 1 heterocycles. The highest BCUT2D eigenvalue weighted by Gasteiger charge is 2.14. The molecule has 2 heteroatoms. The first-order chi connectivity index (χ1) is 10.9. The van der Waals surface area contributed by atoms with Crippen molar-refractivity contribution in [2.75, 3.05) is 0 Å². The second-order valence-corrected chi connectivity index (χ2v) is 6.67. The van der Waals surface area contributed by atoms with Crippen LogP contribution in [-0.2, 0) is 0 Å². The lowest BCUT2D eigenvalue weighted by atomic mass is 10.0. The van der Waals surface area contributed by atoms with E-state index in [4.69, 9.17) is 0 Å². The smallest absolute Gasteiger partial charge is 0.0968 e. The molecule has 0 saturated heterocycles. The Kier molecular flexibility index (Phi) is 13.2. The third kappa shape index (κ3) is 11.8. The van der Waals surface area contributed by atoms with Gasteiger partial charge in [0.05, 0.1) is 6.42 Å². The maximum atomic E-state index is 4.21. The predicted octanol–water partition coefficient (Wildman–Crippen LogP) is 6.89. The Morgan fingerprint density at radius 3 is 1.32 bits per heavy atom. The molecular formula is C20H37N2+. The minimum atomic E-state index is 1.02. The van der Waals surface area contributed by atoms with Gasteiger partial charge in [-0.05, 0) is 6.42 Å². The Balaban J connectivity index is 1.66. The molecule has 0 aliphatic carbocycles. The van der Waals surface area contributed by atoms with Crippen LogP contribution in [0, 0.1) is 6.17 Å². The normalized spacial score (nSPS) is 13.4. The van der Waals surface area contributed by atoms with Crippen molar-refractivity contribution in [3.8, 4) is 0 Å². The van der Waals surface area contributed by atoms with Gasteiger partial charge in [0, 0.05) is 0 Å². The fourth-order valence-corrected chi connectivity index (χ4v) is 3.06. The largest absolute Gasteiger partial charge is 0.240 e. The van der Waals surface area contributed by atoms with E-state index < -0.39 is 0 Å². The summed E-state index contributed by atoms with van der Waals surface area (Å²) in [6, 6.07) is 0. The molecule has 0 aromatic carbocycles. The van der Waals surface area contributed by atoms with Crippen LogP contribution >= 0.6 is 0 Å². The highest BCUT2D eigenvalue weighted by Crippen LogP contribution is 2.18. The van der Waals surface area contributed by atoms with Gasteiger partial charge in [0.25, 0.3) is 0 Å². The van der Waals surface area contributed by atoms with Gasteiger partial charge in [-0.2, -0.15) is 0 Å². The predicted molar refractivity (Wildman–Crippen MR) is 99.8 cm³/mol. The summed E-state index contributed by atoms with van der Waals surface area (Å²) in [5.74, 6) is 0. The van der Waals surface area contributed by atoms with Crippen LogP contribution in [0.15, 0.2) is 9.98 Å². The highest BCUT2D eigenvalue weighted by molar-refractivity contribution is 6.18. The topological polar surface area (TPSA) is 24.7 Å². The molecule has 1 aliphatic rings. The van der Waals surface area contributed by atoms with Crippen LogP contribution < -0.4 is 0 Å². The first kappa shape index (κ1) is 19.3. The van der Waals surface area contributed by atoms with Gasteiger partial charge in [-0.1, -0.05) is 107 Å². The Morgan fingerprint density at radius 1 is 0.545 bits per heavy atom. The maximum absolute atomic E-state index is 4.21. The summed E-state index contributed by atoms with van der Waals surface area (Å²) in [7, 11) is 0. The summed E-state index contributed by atoms with van der Waals surface area (Å²) < 4.78 is 0. The van der Waals surface area contributed by atoms with Crippen molar-refractivity contribution in [1.29, 1.82) is 0 Å². The lowest BCUT2D eigenvalue weighted by molar-refractivity contribution is 0.530. The number of hydrogen-bond donors (Lipinski definition) is 0. The van der Waals surface area contributed by atoms with Crippen LogP contribution in [0.2, 0.25) is 0 Å². The first-order valence-corrected chi connectivity index (χ1v) is 9.86. The fraction of sp³-hybridized carbons (Fsp3) is 0.850. The van der Waals surface area contributed by atoms with Crippen LogP contribution in [0.1, 0.15) is 110 Å². The number of rotatable bonds is 16. The standard InChI is InChI=1S/C20H37N2/c1-2-3-4-5-6-7-8-9-10-11-12-13-14-15-16-17-20-21-18-19-22-20/h18-19H,2-17H2,1H3/q+1. The second kappa shape index (κ2) is 15.1. The van der Waals surface area contributed by atoms with Gasteiger partial charge in [0.2, 0.25) is 6.17 Å². The number of aliphatic imine (C=N–C) groups is 2. The molecular weight excluding hydrogens is 268 g/mol. The van der Waals surface area contributed by atoms with Gasteiger partial charge in [0.15, 0.2) is 12.4 Å². The van der Waals surface area contributed by atoms with Crippen molar-refractivity contribution in [3.05, 3.63) is 6.17 Å². The summed E-state index contributed by atoms with van der Waals surface area (Å²) in [4.78, 5) is 8.42. The molecule has 0 radical (unpaired) electrons. The minimum Gasteiger partial charge on any atom is -0.0968 e. The molecule has 0 saturated carbocycles. The molecule has 0 unspecified atom stereocenters. The Hall–Kier alpha value is -0.790. The van der Waals surface area contributed by atoms with Crippen molar-refractivity contribution in [2.45, 2.75) is 110 Å². The van der Waals surface area contributed by atoms with E-state index in [2.05, 4.69) is 16.9 Å². The average Bonchev–Trinajstić information content (AvgIpc) is 3.04. The highest BCUT2D eigenvalue weighted by atomic mass is 15.0. The van der Waals surface area contributed by atoms with Gasteiger partial charge >= 0.3 is 0 Å². The van der Waals surface area contributed by atoms with Crippen LogP contribution in [0.4, 0.5) is 0 Å². The zero-order valence-corrected chi connectivity index (χ0v) is 14.9. The molecule has 2 nitrogen and oxygen atoms in total. The van der Waals surface area contributed by atoms with E-state index >= 15 is 0 Å². The van der Waals surface area contributed by atoms with Crippen molar-refractivity contribution >= 4 is 12.4 Å². The van der Waals surface area contributed by atoms with Crippen LogP contribution in [0.25, 0.3) is 0 Å². The average molecular weight is 306 g/mol. The third-order valence-electron chi connectivity index (χ3n) is 4.52. The summed E-state index contributed by atoms with van der Waals surface area (Å²) in [5, 5.41) is 0. The summed E-state index contributed by atoms with van der Waals surface area (Å²) in [5.41, 5.74) is 0. The molecule has 0 atom stereocenters. The molecule has 22 heavy (non-hydrogen) atoms. The fourth-order valence-electron chi connectivity index (χ4n) is 3.06. The van der Waals surface area contributed by atoms with Gasteiger partial charge in [-0.15, -0.1) is 0 Å². The maximum Gasteiger partial charge on any atom is 0.240 e. The summed E-state index contributed by atoms with van der Waals surface area (Å²) in [6.07, 6.45) is 27.0. The zero-order chi connectivity index (χ0) is 15.7.